The summed E-state index contributed by atoms with van der Waals surface area (Å²) in [4.78, 5) is 28.4. The average molecular weight is 415 g/mol. The molecule has 8 heteroatoms. The summed E-state index contributed by atoms with van der Waals surface area (Å²) < 4.78 is 13.6. The molecule has 2 heterocycles. The number of aromatic amines is 1. The van der Waals surface area contributed by atoms with Gasteiger partial charge in [0.05, 0.1) is 22.6 Å². The van der Waals surface area contributed by atoms with Gasteiger partial charge in [-0.1, -0.05) is 18.2 Å². The van der Waals surface area contributed by atoms with Crippen molar-refractivity contribution in [1.29, 1.82) is 0 Å². The first-order valence-electron chi connectivity index (χ1n) is 9.50. The Balaban J connectivity index is 1.40. The highest BCUT2D eigenvalue weighted by atomic mass is 19.1. The molecule has 2 aromatic heterocycles. The second-order valence-electron chi connectivity index (χ2n) is 6.71. The van der Waals surface area contributed by atoms with Gasteiger partial charge in [-0.3, -0.25) is 19.7 Å². The number of pyridine rings is 1. The van der Waals surface area contributed by atoms with Gasteiger partial charge in [-0.2, -0.15) is 5.10 Å². The van der Waals surface area contributed by atoms with Crippen molar-refractivity contribution in [2.45, 2.75) is 6.42 Å². The van der Waals surface area contributed by atoms with E-state index in [2.05, 4.69) is 25.8 Å². The summed E-state index contributed by atoms with van der Waals surface area (Å²) >= 11 is 0. The fourth-order valence-corrected chi connectivity index (χ4v) is 2.99. The van der Waals surface area contributed by atoms with Gasteiger partial charge in [0.2, 0.25) is 11.8 Å². The van der Waals surface area contributed by atoms with Crippen LogP contribution in [-0.2, 0) is 9.59 Å². The number of fused-ring (bicyclic) bond motifs is 1. The van der Waals surface area contributed by atoms with Gasteiger partial charge in [0.25, 0.3) is 0 Å². The summed E-state index contributed by atoms with van der Waals surface area (Å²) in [5.74, 6) is -1.68. The highest BCUT2D eigenvalue weighted by molar-refractivity contribution is 6.08. The van der Waals surface area contributed by atoms with Gasteiger partial charge in [0.1, 0.15) is 12.2 Å². The van der Waals surface area contributed by atoms with Gasteiger partial charge in [0.15, 0.2) is 0 Å². The van der Waals surface area contributed by atoms with Crippen LogP contribution in [0.3, 0.4) is 0 Å². The van der Waals surface area contributed by atoms with E-state index in [1.165, 1.54) is 18.2 Å². The summed E-state index contributed by atoms with van der Waals surface area (Å²) in [6.07, 6.45) is 4.99. The number of halogens is 1. The number of H-pyrrole nitrogens is 1. The van der Waals surface area contributed by atoms with Crippen molar-refractivity contribution < 1.29 is 14.0 Å². The minimum atomic E-state index is -0.604. The number of carbonyl (C=O) groups excluding carboxylic acids is 2. The quantitative estimate of drug-likeness (QED) is 0.410. The SMILES string of the molecule is O=C(CC(=O)Nc1ccccc1F)Nc1ccc2c(/C=C/c3ccccn3)n[nH]c2c1. The molecule has 154 valence electrons. The van der Waals surface area contributed by atoms with Crippen molar-refractivity contribution >= 4 is 46.2 Å². The monoisotopic (exact) mass is 415 g/mol. The lowest BCUT2D eigenvalue weighted by Crippen LogP contribution is -2.21. The van der Waals surface area contributed by atoms with Gasteiger partial charge >= 0.3 is 0 Å². The van der Waals surface area contributed by atoms with Crippen molar-refractivity contribution in [1.82, 2.24) is 15.2 Å². The van der Waals surface area contributed by atoms with Crippen molar-refractivity contribution in [3.8, 4) is 0 Å². The lowest BCUT2D eigenvalue weighted by atomic mass is 10.1. The van der Waals surface area contributed by atoms with E-state index in [1.54, 1.807) is 24.4 Å². The predicted octanol–water partition coefficient (Wildman–Crippen LogP) is 4.23. The predicted molar refractivity (Wildman–Crippen MR) is 118 cm³/mol. The second-order valence-corrected chi connectivity index (χ2v) is 6.71. The lowest BCUT2D eigenvalue weighted by Gasteiger charge is -2.07. The molecule has 0 radical (unpaired) electrons. The van der Waals surface area contributed by atoms with Gasteiger partial charge < -0.3 is 10.6 Å². The number of hydrogen-bond donors (Lipinski definition) is 3. The van der Waals surface area contributed by atoms with Crippen LogP contribution in [0.25, 0.3) is 23.1 Å². The summed E-state index contributed by atoms with van der Waals surface area (Å²) in [6, 6.07) is 16.7. The number of aromatic nitrogens is 3. The van der Waals surface area contributed by atoms with Gasteiger partial charge in [0, 0.05) is 17.3 Å². The van der Waals surface area contributed by atoms with Crippen molar-refractivity contribution in [3.63, 3.8) is 0 Å². The minimum absolute atomic E-state index is 0.0328. The molecule has 2 amide bonds. The Morgan fingerprint density at radius 1 is 0.968 bits per heavy atom. The van der Waals surface area contributed by atoms with E-state index in [4.69, 9.17) is 0 Å². The Hall–Kier alpha value is -4.33. The van der Waals surface area contributed by atoms with Crippen LogP contribution < -0.4 is 10.6 Å². The van der Waals surface area contributed by atoms with E-state index in [1.807, 2.05) is 36.4 Å². The molecule has 7 nitrogen and oxygen atoms in total. The highest BCUT2D eigenvalue weighted by Crippen LogP contribution is 2.22. The van der Waals surface area contributed by atoms with Crippen LogP contribution in [0.2, 0.25) is 0 Å². The molecule has 0 spiro atoms. The van der Waals surface area contributed by atoms with Crippen LogP contribution in [0, 0.1) is 5.82 Å². The second kappa shape index (κ2) is 9.00. The van der Waals surface area contributed by atoms with Gasteiger partial charge in [-0.05, 0) is 54.6 Å². The van der Waals surface area contributed by atoms with Crippen molar-refractivity contribution in [3.05, 3.63) is 84.1 Å². The summed E-state index contributed by atoms with van der Waals surface area (Å²) in [6.45, 7) is 0. The summed E-state index contributed by atoms with van der Waals surface area (Å²) in [5.41, 5.74) is 2.83. The maximum absolute atomic E-state index is 13.6. The zero-order valence-electron chi connectivity index (χ0n) is 16.3. The van der Waals surface area contributed by atoms with Gasteiger partial charge in [-0.15, -0.1) is 0 Å². The molecule has 0 unspecified atom stereocenters. The summed E-state index contributed by atoms with van der Waals surface area (Å²) in [7, 11) is 0. The number of nitrogens with zero attached hydrogens (tertiary/aromatic N) is 2. The fraction of sp³-hybridized carbons (Fsp3) is 0.0435. The van der Waals surface area contributed by atoms with E-state index < -0.39 is 24.1 Å². The van der Waals surface area contributed by atoms with Gasteiger partial charge in [-0.25, -0.2) is 4.39 Å². The first-order valence-corrected chi connectivity index (χ1v) is 9.50. The zero-order valence-corrected chi connectivity index (χ0v) is 16.3. The Kier molecular flexibility index (Phi) is 5.79. The molecule has 0 atom stereocenters. The molecule has 4 rings (SSSR count). The molecule has 0 aliphatic carbocycles. The Morgan fingerprint density at radius 2 is 1.77 bits per heavy atom. The number of rotatable bonds is 6. The first kappa shape index (κ1) is 20.0. The van der Waals surface area contributed by atoms with Crippen LogP contribution in [0.5, 0.6) is 0 Å². The van der Waals surface area contributed by atoms with E-state index >= 15 is 0 Å². The van der Waals surface area contributed by atoms with E-state index in [0.717, 1.165) is 22.3 Å². The topological polar surface area (TPSA) is 99.8 Å². The van der Waals surface area contributed by atoms with E-state index in [0.29, 0.717) is 5.69 Å². The molecule has 3 N–H and O–H groups in total. The normalized spacial score (nSPS) is 11.0. The number of nitrogens with one attached hydrogen (secondary N) is 3. The number of para-hydroxylation sites is 1. The fourth-order valence-electron chi connectivity index (χ4n) is 2.99. The molecule has 2 aromatic carbocycles. The first-order chi connectivity index (χ1) is 15.1. The Morgan fingerprint density at radius 3 is 2.58 bits per heavy atom. The van der Waals surface area contributed by atoms with Crippen molar-refractivity contribution in [2.75, 3.05) is 10.6 Å². The maximum atomic E-state index is 13.6. The minimum Gasteiger partial charge on any atom is -0.326 e. The molecule has 0 aliphatic rings. The molecule has 0 saturated heterocycles. The molecule has 31 heavy (non-hydrogen) atoms. The smallest absolute Gasteiger partial charge is 0.233 e. The van der Waals surface area contributed by atoms with E-state index in [-0.39, 0.29) is 5.69 Å². The summed E-state index contributed by atoms with van der Waals surface area (Å²) in [5, 5.41) is 13.1. The zero-order chi connectivity index (χ0) is 21.6. The average Bonchev–Trinajstić information content (AvgIpc) is 3.16. The lowest BCUT2D eigenvalue weighted by molar-refractivity contribution is -0.123. The molecule has 0 aliphatic heterocycles. The third-order valence-corrected chi connectivity index (χ3v) is 4.44. The van der Waals surface area contributed by atoms with Crippen LogP contribution >= 0.6 is 0 Å². The molecule has 0 fully saturated rings. The van der Waals surface area contributed by atoms with Crippen LogP contribution in [0.15, 0.2) is 66.9 Å². The third kappa shape index (κ3) is 4.99. The third-order valence-electron chi connectivity index (χ3n) is 4.44. The molecule has 0 bridgehead atoms. The number of benzene rings is 2. The largest absolute Gasteiger partial charge is 0.326 e. The van der Waals surface area contributed by atoms with Crippen molar-refractivity contribution in [2.24, 2.45) is 0 Å². The molecular weight excluding hydrogens is 397 g/mol. The van der Waals surface area contributed by atoms with Crippen LogP contribution in [0.4, 0.5) is 15.8 Å². The van der Waals surface area contributed by atoms with E-state index in [9.17, 15) is 14.0 Å². The Labute approximate surface area is 177 Å². The number of amides is 2. The number of hydrogen-bond acceptors (Lipinski definition) is 4. The Bertz CT molecular complexity index is 1270. The molecular formula is C23H18FN5O2. The molecule has 4 aromatic rings. The van der Waals surface area contributed by atoms with Crippen LogP contribution in [0.1, 0.15) is 17.8 Å². The van der Waals surface area contributed by atoms with Crippen LogP contribution in [-0.4, -0.2) is 27.0 Å². The molecule has 0 saturated carbocycles. The standard InChI is InChI=1S/C23H18FN5O2/c24-18-6-1-2-7-20(18)27-23(31)14-22(30)26-16-8-10-17-19(28-29-21(17)13-16)11-9-15-5-3-4-12-25-15/h1-13H,14H2,(H,26,30)(H,27,31)(H,28,29)/b11-9+. The number of carbonyl (C=O) groups is 2. The number of anilines is 2. The maximum Gasteiger partial charge on any atom is 0.233 e. The highest BCUT2D eigenvalue weighted by Gasteiger charge is 2.12.